The number of carbonyl (C=O) groups is 1. The first-order chi connectivity index (χ1) is 11.1. The van der Waals surface area contributed by atoms with Gasteiger partial charge in [0.25, 0.3) is 5.91 Å². The van der Waals surface area contributed by atoms with Crippen molar-refractivity contribution in [2.75, 3.05) is 19.8 Å². The van der Waals surface area contributed by atoms with Crippen LogP contribution in [0.25, 0.3) is 0 Å². The van der Waals surface area contributed by atoms with Crippen molar-refractivity contribution in [3.63, 3.8) is 0 Å². The van der Waals surface area contributed by atoms with Crippen molar-refractivity contribution in [2.45, 2.75) is 32.3 Å². The highest BCUT2D eigenvalue weighted by molar-refractivity contribution is 5.94. The maximum Gasteiger partial charge on any atom is 0.522 e. The topological polar surface area (TPSA) is 82.6 Å². The summed E-state index contributed by atoms with van der Waals surface area (Å²) in [7, 11) is 0. The zero-order valence-corrected chi connectivity index (χ0v) is 13.5. The Balaban J connectivity index is 2.33. The summed E-state index contributed by atoms with van der Waals surface area (Å²) in [6.07, 6.45) is -4.62. The van der Waals surface area contributed by atoms with E-state index in [-0.39, 0.29) is 19.1 Å². The van der Waals surface area contributed by atoms with Crippen molar-refractivity contribution in [3.8, 4) is 0 Å². The third kappa shape index (κ3) is 8.25. The quantitative estimate of drug-likeness (QED) is 0.399. The molecule has 1 aromatic rings. The minimum Gasteiger partial charge on any atom is -0.394 e. The number of benzene rings is 1. The fraction of sp³-hybridized carbons (Fsp3) is 0.533. The van der Waals surface area contributed by atoms with E-state index in [1.165, 1.54) is 0 Å². The molecule has 0 unspecified atom stereocenters. The van der Waals surface area contributed by atoms with Crippen LogP contribution in [-0.2, 0) is 11.3 Å². The van der Waals surface area contributed by atoms with E-state index in [1.54, 1.807) is 38.1 Å². The smallest absolute Gasteiger partial charge is 0.394 e. The summed E-state index contributed by atoms with van der Waals surface area (Å²) in [5.41, 5.74) is 5.94. The Bertz CT molecular complexity index is 519. The van der Waals surface area contributed by atoms with E-state index in [4.69, 9.17) is 5.11 Å². The molecule has 6 nitrogen and oxygen atoms in total. The first-order valence-corrected chi connectivity index (χ1v) is 7.32. The summed E-state index contributed by atoms with van der Waals surface area (Å²) in [6, 6.07) is 6.71. The number of carbonyl (C=O) groups excluding carboxylic acids is 1. The first kappa shape index (κ1) is 20.4. The highest BCUT2D eigenvalue weighted by atomic mass is 19.4. The lowest BCUT2D eigenvalue weighted by Gasteiger charge is -2.23. The molecule has 24 heavy (non-hydrogen) atoms. The molecule has 0 radical (unpaired) electrons. The number of nitrogens with one attached hydrogen (secondary N) is 3. The molecule has 1 amide bonds. The first-order valence-electron chi connectivity index (χ1n) is 7.32. The summed E-state index contributed by atoms with van der Waals surface area (Å²) in [5, 5.41) is 11.8. The summed E-state index contributed by atoms with van der Waals surface area (Å²) in [4.78, 5) is 12.0. The Morgan fingerprint density at radius 3 is 2.33 bits per heavy atom. The molecule has 0 saturated heterocycles. The molecule has 0 aliphatic carbocycles. The van der Waals surface area contributed by atoms with Crippen molar-refractivity contribution in [2.24, 2.45) is 0 Å². The van der Waals surface area contributed by atoms with E-state index in [0.29, 0.717) is 12.1 Å². The molecule has 0 fully saturated rings. The third-order valence-corrected chi connectivity index (χ3v) is 2.97. The van der Waals surface area contributed by atoms with Gasteiger partial charge in [-0.2, -0.15) is 0 Å². The van der Waals surface area contributed by atoms with Crippen LogP contribution in [0.15, 0.2) is 24.3 Å². The average Bonchev–Trinajstić information content (AvgIpc) is 2.50. The Labute approximate surface area is 138 Å². The second-order valence-electron chi connectivity index (χ2n) is 5.77. The predicted molar refractivity (Wildman–Crippen MR) is 81.9 cm³/mol. The number of hydrogen-bond donors (Lipinski definition) is 4. The molecular weight excluding hydrogens is 327 g/mol. The number of ether oxygens (including phenoxy) is 1. The van der Waals surface area contributed by atoms with Crippen LogP contribution in [0.2, 0.25) is 0 Å². The Hall–Kier alpha value is -1.68. The fourth-order valence-corrected chi connectivity index (χ4v) is 1.66. The van der Waals surface area contributed by atoms with Crippen LogP contribution in [0.1, 0.15) is 29.8 Å². The molecule has 0 aromatic heterocycles. The highest BCUT2D eigenvalue weighted by Gasteiger charge is 2.28. The van der Waals surface area contributed by atoms with Crippen molar-refractivity contribution in [1.82, 2.24) is 16.2 Å². The van der Waals surface area contributed by atoms with E-state index in [9.17, 15) is 18.0 Å². The normalized spacial score (nSPS) is 12.2. The third-order valence-electron chi connectivity index (χ3n) is 2.97. The van der Waals surface area contributed by atoms with Crippen LogP contribution in [-0.4, -0.2) is 42.7 Å². The number of hydrazine groups is 1. The monoisotopic (exact) mass is 349 g/mol. The molecule has 136 valence electrons. The van der Waals surface area contributed by atoms with Crippen molar-refractivity contribution in [3.05, 3.63) is 35.4 Å². The second-order valence-corrected chi connectivity index (χ2v) is 5.77. The predicted octanol–water partition coefficient (Wildman–Crippen LogP) is 1.32. The molecule has 0 spiro atoms. The zero-order valence-electron chi connectivity index (χ0n) is 13.5. The van der Waals surface area contributed by atoms with Gasteiger partial charge in [0.05, 0.1) is 18.8 Å². The number of halogens is 3. The van der Waals surface area contributed by atoms with Crippen LogP contribution in [0.3, 0.4) is 0 Å². The molecule has 1 rings (SSSR count). The largest absolute Gasteiger partial charge is 0.522 e. The van der Waals surface area contributed by atoms with Crippen LogP contribution in [0.5, 0.6) is 0 Å². The van der Waals surface area contributed by atoms with Gasteiger partial charge < -0.3 is 10.4 Å². The number of alkyl halides is 3. The van der Waals surface area contributed by atoms with Gasteiger partial charge in [-0.05, 0) is 31.5 Å². The maximum absolute atomic E-state index is 12.0. The van der Waals surface area contributed by atoms with Gasteiger partial charge in [-0.3, -0.25) is 20.4 Å². The number of aliphatic hydroxyl groups is 1. The minimum atomic E-state index is -4.62. The number of amides is 1. The summed E-state index contributed by atoms with van der Waals surface area (Å²) in [6.45, 7) is 3.11. The average molecular weight is 349 g/mol. The van der Waals surface area contributed by atoms with Gasteiger partial charge in [0.1, 0.15) is 0 Å². The van der Waals surface area contributed by atoms with Gasteiger partial charge in [0.2, 0.25) is 0 Å². The standard InChI is InChI=1S/C15H22F3N3O3/c1-14(2,10-22)21-13(23)12-5-3-11(4-6-12)9-20-19-7-8-24-15(16,17)18/h3-6,19-20,22H,7-10H2,1-2H3,(H,21,23). The van der Waals surface area contributed by atoms with E-state index < -0.39 is 18.5 Å². The number of hydrogen-bond acceptors (Lipinski definition) is 5. The lowest BCUT2D eigenvalue weighted by Crippen LogP contribution is -2.46. The lowest BCUT2D eigenvalue weighted by atomic mass is 10.1. The SMILES string of the molecule is CC(C)(CO)NC(=O)c1ccc(CNNCCOC(F)(F)F)cc1. The van der Waals surface area contributed by atoms with Gasteiger partial charge in [-0.25, -0.2) is 0 Å². The summed E-state index contributed by atoms with van der Waals surface area (Å²) in [5.74, 6) is -0.295. The van der Waals surface area contributed by atoms with Gasteiger partial charge in [-0.1, -0.05) is 12.1 Å². The summed E-state index contributed by atoms with van der Waals surface area (Å²) < 4.78 is 38.8. The van der Waals surface area contributed by atoms with Gasteiger partial charge in [-0.15, -0.1) is 13.2 Å². The molecule has 0 aliphatic heterocycles. The van der Waals surface area contributed by atoms with Gasteiger partial charge >= 0.3 is 6.36 Å². The molecule has 0 heterocycles. The van der Waals surface area contributed by atoms with Crippen molar-refractivity contribution >= 4 is 5.91 Å². The van der Waals surface area contributed by atoms with Gasteiger partial charge in [0, 0.05) is 18.7 Å². The molecule has 4 N–H and O–H groups in total. The molecule has 1 aromatic carbocycles. The Kier molecular flexibility index (Phi) is 7.61. The molecular formula is C15H22F3N3O3. The molecule has 0 saturated carbocycles. The molecule has 0 atom stereocenters. The van der Waals surface area contributed by atoms with Crippen molar-refractivity contribution < 1.29 is 27.8 Å². The number of rotatable bonds is 9. The van der Waals surface area contributed by atoms with E-state index in [1.807, 2.05) is 0 Å². The van der Waals surface area contributed by atoms with Crippen LogP contribution >= 0.6 is 0 Å². The minimum absolute atomic E-state index is 0.00373. The summed E-state index contributed by atoms with van der Waals surface area (Å²) >= 11 is 0. The van der Waals surface area contributed by atoms with E-state index in [2.05, 4.69) is 20.9 Å². The van der Waals surface area contributed by atoms with Crippen LogP contribution in [0, 0.1) is 0 Å². The lowest BCUT2D eigenvalue weighted by molar-refractivity contribution is -0.323. The van der Waals surface area contributed by atoms with Crippen LogP contribution in [0.4, 0.5) is 13.2 Å². The van der Waals surface area contributed by atoms with Crippen molar-refractivity contribution in [1.29, 1.82) is 0 Å². The van der Waals surface area contributed by atoms with E-state index in [0.717, 1.165) is 5.56 Å². The highest BCUT2D eigenvalue weighted by Crippen LogP contribution is 2.15. The maximum atomic E-state index is 12.0. The van der Waals surface area contributed by atoms with E-state index >= 15 is 0 Å². The Morgan fingerprint density at radius 1 is 1.17 bits per heavy atom. The molecule has 0 bridgehead atoms. The second kappa shape index (κ2) is 8.97. The van der Waals surface area contributed by atoms with Crippen LogP contribution < -0.4 is 16.2 Å². The number of aliphatic hydroxyl groups excluding tert-OH is 1. The Morgan fingerprint density at radius 2 is 1.79 bits per heavy atom. The molecule has 0 aliphatic rings. The molecule has 9 heteroatoms. The zero-order chi connectivity index (χ0) is 18.2. The van der Waals surface area contributed by atoms with Gasteiger partial charge in [0.15, 0.2) is 0 Å². The fourth-order valence-electron chi connectivity index (χ4n) is 1.66.